The van der Waals surface area contributed by atoms with Gasteiger partial charge in [-0.2, -0.15) is 0 Å². The second-order valence-corrected chi connectivity index (χ2v) is 6.23. The van der Waals surface area contributed by atoms with Crippen molar-refractivity contribution in [2.45, 2.75) is 19.4 Å². The Kier molecular flexibility index (Phi) is 4.50. The number of thiophene rings is 1. The highest BCUT2D eigenvalue weighted by molar-refractivity contribution is 9.10. The molecule has 15 heavy (non-hydrogen) atoms. The number of halogens is 2. The van der Waals surface area contributed by atoms with Crippen molar-refractivity contribution >= 4 is 38.9 Å². The molecular weight excluding hydrogens is 294 g/mol. The van der Waals surface area contributed by atoms with Crippen LogP contribution in [0.5, 0.6) is 0 Å². The van der Waals surface area contributed by atoms with Crippen molar-refractivity contribution in [1.82, 2.24) is 4.90 Å². The molecule has 0 aliphatic carbocycles. The molecule has 1 aliphatic heterocycles. The molecule has 0 unspecified atom stereocenters. The number of likely N-dealkylation sites (tertiary alicyclic amines) is 1. The third-order valence-electron chi connectivity index (χ3n) is 2.98. The molecule has 0 N–H and O–H groups in total. The van der Waals surface area contributed by atoms with Crippen LogP contribution in [-0.4, -0.2) is 23.9 Å². The third kappa shape index (κ3) is 3.19. The Balaban J connectivity index is 1.85. The Hall–Kier alpha value is 0.430. The standard InChI is InChI=1S/C11H15BrClNS/c12-10-3-6-15-11(10)8-14-4-1-9(7-13)2-5-14/h3,6,9H,1-2,4-5,7-8H2. The van der Waals surface area contributed by atoms with Gasteiger partial charge in [-0.05, 0) is 59.2 Å². The predicted octanol–water partition coefficient (Wildman–Crippen LogP) is 3.96. The number of piperidine rings is 1. The molecule has 1 aromatic rings. The molecule has 0 bridgehead atoms. The van der Waals surface area contributed by atoms with E-state index in [4.69, 9.17) is 11.6 Å². The minimum Gasteiger partial charge on any atom is -0.298 e. The Morgan fingerprint density at radius 3 is 2.73 bits per heavy atom. The summed E-state index contributed by atoms with van der Waals surface area (Å²) in [7, 11) is 0. The molecule has 1 aliphatic rings. The average Bonchev–Trinajstić information content (AvgIpc) is 2.66. The Labute approximate surface area is 109 Å². The molecule has 0 amide bonds. The normalized spacial score (nSPS) is 19.6. The zero-order chi connectivity index (χ0) is 10.7. The minimum atomic E-state index is 0.745. The number of rotatable bonds is 3. The van der Waals surface area contributed by atoms with E-state index in [0.717, 1.165) is 18.3 Å². The summed E-state index contributed by atoms with van der Waals surface area (Å²) in [4.78, 5) is 3.97. The van der Waals surface area contributed by atoms with Crippen LogP contribution in [-0.2, 0) is 6.54 Å². The van der Waals surface area contributed by atoms with E-state index in [2.05, 4.69) is 32.3 Å². The van der Waals surface area contributed by atoms with Crippen LogP contribution in [0.15, 0.2) is 15.9 Å². The second kappa shape index (κ2) is 5.67. The van der Waals surface area contributed by atoms with E-state index >= 15 is 0 Å². The number of nitrogens with zero attached hydrogens (tertiary/aromatic N) is 1. The number of hydrogen-bond donors (Lipinski definition) is 0. The molecule has 0 atom stereocenters. The monoisotopic (exact) mass is 307 g/mol. The summed E-state index contributed by atoms with van der Waals surface area (Å²) >= 11 is 11.3. The van der Waals surface area contributed by atoms with Crippen molar-refractivity contribution in [2.24, 2.45) is 5.92 Å². The lowest BCUT2D eigenvalue weighted by molar-refractivity contribution is 0.188. The van der Waals surface area contributed by atoms with Crippen LogP contribution in [0.4, 0.5) is 0 Å². The van der Waals surface area contributed by atoms with Crippen LogP contribution in [0.1, 0.15) is 17.7 Å². The summed E-state index contributed by atoms with van der Waals surface area (Å²) in [6.07, 6.45) is 2.51. The fourth-order valence-corrected chi connectivity index (χ4v) is 3.77. The maximum atomic E-state index is 5.87. The van der Waals surface area contributed by atoms with Gasteiger partial charge < -0.3 is 0 Å². The molecular formula is C11H15BrClNS. The first kappa shape index (κ1) is 11.9. The molecule has 1 nitrogen and oxygen atoms in total. The lowest BCUT2D eigenvalue weighted by atomic mass is 9.99. The lowest BCUT2D eigenvalue weighted by Crippen LogP contribution is -2.33. The highest BCUT2D eigenvalue weighted by Crippen LogP contribution is 2.26. The van der Waals surface area contributed by atoms with Crippen molar-refractivity contribution in [3.05, 3.63) is 20.8 Å². The van der Waals surface area contributed by atoms with Gasteiger partial charge in [0.1, 0.15) is 0 Å². The molecule has 0 saturated carbocycles. The zero-order valence-corrected chi connectivity index (χ0v) is 11.7. The molecule has 1 aromatic heterocycles. The molecule has 4 heteroatoms. The van der Waals surface area contributed by atoms with Crippen LogP contribution in [0.2, 0.25) is 0 Å². The number of hydrogen-bond acceptors (Lipinski definition) is 2. The number of alkyl halides is 1. The smallest absolute Gasteiger partial charge is 0.0339 e. The van der Waals surface area contributed by atoms with Gasteiger partial charge in [0.2, 0.25) is 0 Å². The highest BCUT2D eigenvalue weighted by atomic mass is 79.9. The summed E-state index contributed by atoms with van der Waals surface area (Å²) in [5.74, 6) is 1.57. The molecule has 1 saturated heterocycles. The van der Waals surface area contributed by atoms with Crippen LogP contribution in [0.25, 0.3) is 0 Å². The van der Waals surface area contributed by atoms with Crippen LogP contribution >= 0.6 is 38.9 Å². The molecule has 2 heterocycles. The van der Waals surface area contributed by atoms with Gasteiger partial charge in [0.05, 0.1) is 0 Å². The van der Waals surface area contributed by atoms with Crippen LogP contribution < -0.4 is 0 Å². The summed E-state index contributed by atoms with van der Waals surface area (Å²) in [6.45, 7) is 3.48. The van der Waals surface area contributed by atoms with E-state index in [0.29, 0.717) is 0 Å². The minimum absolute atomic E-state index is 0.745. The Morgan fingerprint density at radius 2 is 2.20 bits per heavy atom. The van der Waals surface area contributed by atoms with E-state index < -0.39 is 0 Å². The zero-order valence-electron chi connectivity index (χ0n) is 8.59. The van der Waals surface area contributed by atoms with Crippen LogP contribution in [0, 0.1) is 5.92 Å². The molecule has 1 fully saturated rings. The topological polar surface area (TPSA) is 3.24 Å². The molecule has 0 spiro atoms. The van der Waals surface area contributed by atoms with Crippen molar-refractivity contribution in [3.63, 3.8) is 0 Å². The molecule has 0 radical (unpaired) electrons. The summed E-state index contributed by atoms with van der Waals surface area (Å²) < 4.78 is 1.26. The van der Waals surface area contributed by atoms with Crippen LogP contribution in [0.3, 0.4) is 0 Å². The largest absolute Gasteiger partial charge is 0.298 e. The van der Waals surface area contributed by atoms with Gasteiger partial charge in [0.25, 0.3) is 0 Å². The van der Waals surface area contributed by atoms with Crippen molar-refractivity contribution in [2.75, 3.05) is 19.0 Å². The van der Waals surface area contributed by atoms with Gasteiger partial charge in [-0.3, -0.25) is 4.90 Å². The van der Waals surface area contributed by atoms with Gasteiger partial charge in [0, 0.05) is 21.8 Å². The van der Waals surface area contributed by atoms with Gasteiger partial charge in [0.15, 0.2) is 0 Å². The maximum Gasteiger partial charge on any atom is 0.0339 e. The van der Waals surface area contributed by atoms with Gasteiger partial charge in [-0.1, -0.05) is 0 Å². The van der Waals surface area contributed by atoms with E-state index in [1.54, 1.807) is 0 Å². The Morgan fingerprint density at radius 1 is 1.47 bits per heavy atom. The van der Waals surface area contributed by atoms with E-state index in [1.807, 2.05) is 11.3 Å². The highest BCUT2D eigenvalue weighted by Gasteiger charge is 2.19. The predicted molar refractivity (Wildman–Crippen MR) is 70.7 cm³/mol. The first-order valence-corrected chi connectivity index (χ1v) is 7.50. The van der Waals surface area contributed by atoms with Gasteiger partial charge in [-0.25, -0.2) is 0 Å². The average molecular weight is 309 g/mol. The lowest BCUT2D eigenvalue weighted by Gasteiger charge is -2.30. The fourth-order valence-electron chi connectivity index (χ4n) is 1.94. The van der Waals surface area contributed by atoms with E-state index in [1.165, 1.54) is 35.3 Å². The Bertz CT molecular complexity index is 307. The maximum absolute atomic E-state index is 5.87. The second-order valence-electron chi connectivity index (χ2n) is 4.07. The van der Waals surface area contributed by atoms with Gasteiger partial charge >= 0.3 is 0 Å². The van der Waals surface area contributed by atoms with Crippen molar-refractivity contribution in [3.8, 4) is 0 Å². The molecule has 0 aromatic carbocycles. The summed E-state index contributed by atoms with van der Waals surface area (Å²) in [6, 6.07) is 2.13. The van der Waals surface area contributed by atoms with E-state index in [9.17, 15) is 0 Å². The summed E-state index contributed by atoms with van der Waals surface area (Å²) in [5, 5.41) is 2.14. The fraction of sp³-hybridized carbons (Fsp3) is 0.636. The quantitative estimate of drug-likeness (QED) is 0.764. The molecule has 84 valence electrons. The first-order valence-electron chi connectivity index (χ1n) is 5.30. The summed E-state index contributed by atoms with van der Waals surface area (Å²) in [5.41, 5.74) is 0. The SMILES string of the molecule is ClCC1CCN(Cc2sccc2Br)CC1. The first-order chi connectivity index (χ1) is 7.29. The van der Waals surface area contributed by atoms with Crippen molar-refractivity contribution < 1.29 is 0 Å². The third-order valence-corrected chi connectivity index (χ3v) is 5.33. The molecule has 2 rings (SSSR count). The van der Waals surface area contributed by atoms with Gasteiger partial charge in [-0.15, -0.1) is 22.9 Å². The van der Waals surface area contributed by atoms with Crippen molar-refractivity contribution in [1.29, 1.82) is 0 Å². The van der Waals surface area contributed by atoms with E-state index in [-0.39, 0.29) is 0 Å².